The quantitative estimate of drug-likeness (QED) is 0.219. The summed E-state index contributed by atoms with van der Waals surface area (Å²) in [7, 11) is -1.72. The van der Waals surface area contributed by atoms with Gasteiger partial charge in [-0.1, -0.05) is 17.3 Å². The first-order valence-electron chi connectivity index (χ1n) is 9.13. The van der Waals surface area contributed by atoms with Crippen LogP contribution in [0.1, 0.15) is 37.3 Å². The maximum absolute atomic E-state index is 11.8. The third-order valence-electron chi connectivity index (χ3n) is 3.87. The number of allylic oxidation sites excluding steroid dienone is 1. The number of aryl methyl sites for hydroxylation is 2. The molecular weight excluding hydrogens is 366 g/mol. The van der Waals surface area contributed by atoms with Gasteiger partial charge in [-0.3, -0.25) is 0 Å². The van der Waals surface area contributed by atoms with Crippen LogP contribution in [-0.4, -0.2) is 46.5 Å². The molecule has 0 bridgehead atoms. The number of unbranched alkanes of at least 4 members (excludes halogenated alkanes) is 2. The minimum atomic E-state index is -3.11. The number of sulfone groups is 1. The number of rotatable bonds is 13. The predicted molar refractivity (Wildman–Crippen MR) is 110 cm³/mol. The normalized spacial score (nSPS) is 12.0. The smallest absolute Gasteiger partial charge is 0.155 e. The van der Waals surface area contributed by atoms with Crippen LogP contribution in [0.25, 0.3) is 0 Å². The Balaban J connectivity index is 2.36. The summed E-state index contributed by atoms with van der Waals surface area (Å²) in [5.74, 6) is 1.77. The van der Waals surface area contributed by atoms with E-state index >= 15 is 0 Å². The van der Waals surface area contributed by atoms with E-state index < -0.39 is 9.84 Å². The minimum Gasteiger partial charge on any atom is -0.493 e. The van der Waals surface area contributed by atoms with Crippen LogP contribution in [0.15, 0.2) is 29.4 Å². The molecule has 0 aliphatic carbocycles. The first kappa shape index (κ1) is 23.0. The zero-order valence-corrected chi connectivity index (χ0v) is 17.5. The summed E-state index contributed by atoms with van der Waals surface area (Å²) in [5, 5.41) is 3.46. The van der Waals surface area contributed by atoms with Crippen molar-refractivity contribution in [2.45, 2.75) is 40.0 Å². The van der Waals surface area contributed by atoms with Crippen LogP contribution < -0.4 is 9.47 Å². The van der Waals surface area contributed by atoms with Crippen molar-refractivity contribution in [1.82, 2.24) is 0 Å². The molecule has 27 heavy (non-hydrogen) atoms. The molecule has 0 saturated carbocycles. The van der Waals surface area contributed by atoms with E-state index in [2.05, 4.69) is 9.99 Å². The molecule has 152 valence electrons. The van der Waals surface area contributed by atoms with E-state index in [0.717, 1.165) is 35.5 Å². The van der Waals surface area contributed by atoms with Gasteiger partial charge >= 0.3 is 0 Å². The number of oxime groups is 1. The van der Waals surface area contributed by atoms with E-state index in [1.807, 2.05) is 45.1 Å². The van der Waals surface area contributed by atoms with Crippen molar-refractivity contribution in [2.24, 2.45) is 5.16 Å². The number of ether oxygens (including phenoxy) is 2. The van der Waals surface area contributed by atoms with E-state index in [4.69, 9.17) is 9.47 Å². The Bertz CT molecular complexity index is 703. The Morgan fingerprint density at radius 2 is 1.78 bits per heavy atom. The monoisotopic (exact) mass is 397 g/mol. The highest BCUT2D eigenvalue weighted by atomic mass is 32.2. The summed E-state index contributed by atoms with van der Waals surface area (Å²) in [5.41, 5.74) is 2.07. The van der Waals surface area contributed by atoms with Crippen LogP contribution >= 0.6 is 0 Å². The molecule has 0 amide bonds. The van der Waals surface area contributed by atoms with Crippen LogP contribution in [-0.2, 0) is 14.7 Å². The molecule has 0 aliphatic heterocycles. The van der Waals surface area contributed by atoms with Crippen molar-refractivity contribution in [3.8, 4) is 11.5 Å². The summed E-state index contributed by atoms with van der Waals surface area (Å²) < 4.78 is 35.1. The van der Waals surface area contributed by atoms with Gasteiger partial charge in [0.15, 0.2) is 9.84 Å². The Kier molecular flexibility index (Phi) is 10.6. The van der Waals surface area contributed by atoms with Crippen molar-refractivity contribution in [1.29, 1.82) is 0 Å². The molecule has 1 rings (SSSR count). The molecule has 0 aromatic heterocycles. The molecule has 0 atom stereocenters. The van der Waals surface area contributed by atoms with Crippen molar-refractivity contribution in [3.05, 3.63) is 35.4 Å². The fourth-order valence-electron chi connectivity index (χ4n) is 2.54. The summed E-state index contributed by atoms with van der Waals surface area (Å²) in [4.78, 5) is 4.47. The van der Waals surface area contributed by atoms with Gasteiger partial charge in [0.1, 0.15) is 25.2 Å². The van der Waals surface area contributed by atoms with Gasteiger partial charge in [-0.15, -0.1) is 0 Å². The Hall–Kier alpha value is -2.02. The number of hydrogen-bond acceptors (Lipinski definition) is 6. The first-order chi connectivity index (χ1) is 12.9. The van der Waals surface area contributed by atoms with E-state index in [1.54, 1.807) is 0 Å². The molecule has 0 aliphatic rings. The van der Waals surface area contributed by atoms with Crippen molar-refractivity contribution in [3.63, 3.8) is 0 Å². The van der Waals surface area contributed by atoms with Crippen molar-refractivity contribution < 1.29 is 22.7 Å². The van der Waals surface area contributed by atoms with Crippen LogP contribution in [0.4, 0.5) is 0 Å². The number of nitrogens with zero attached hydrogens (tertiary/aromatic N) is 1. The molecule has 0 heterocycles. The fraction of sp³-hybridized carbons (Fsp3) is 0.550. The molecule has 0 saturated heterocycles. The van der Waals surface area contributed by atoms with Gasteiger partial charge in [0, 0.05) is 0 Å². The third kappa shape index (κ3) is 9.47. The highest BCUT2D eigenvalue weighted by Crippen LogP contribution is 2.28. The SMILES string of the molecule is C/C=C/COc1cc(C)c(OCCCCCS(=O)(=O)C/C=N/OC)c(C)c1. The Morgan fingerprint density at radius 1 is 1.07 bits per heavy atom. The lowest BCUT2D eigenvalue weighted by atomic mass is 10.1. The highest BCUT2D eigenvalue weighted by molar-refractivity contribution is 7.92. The van der Waals surface area contributed by atoms with Crippen molar-refractivity contribution in [2.75, 3.05) is 31.8 Å². The number of hydrogen-bond donors (Lipinski definition) is 0. The summed E-state index contributed by atoms with van der Waals surface area (Å²) in [6.45, 7) is 7.07. The van der Waals surface area contributed by atoms with E-state index in [0.29, 0.717) is 19.6 Å². The number of benzene rings is 1. The topological polar surface area (TPSA) is 74.2 Å². The fourth-order valence-corrected chi connectivity index (χ4v) is 3.64. The second-order valence-electron chi connectivity index (χ2n) is 6.26. The lowest BCUT2D eigenvalue weighted by Crippen LogP contribution is -2.12. The molecular formula is C20H31NO5S. The molecule has 7 heteroatoms. The van der Waals surface area contributed by atoms with Gasteiger partial charge in [0.2, 0.25) is 0 Å². The van der Waals surface area contributed by atoms with E-state index in [-0.39, 0.29) is 11.5 Å². The van der Waals surface area contributed by atoms with Crippen LogP contribution in [0, 0.1) is 13.8 Å². The summed E-state index contributed by atoms with van der Waals surface area (Å²) in [6, 6.07) is 3.94. The second-order valence-corrected chi connectivity index (χ2v) is 8.49. The molecule has 1 aromatic rings. The van der Waals surface area contributed by atoms with E-state index in [1.165, 1.54) is 13.3 Å². The van der Waals surface area contributed by atoms with E-state index in [9.17, 15) is 8.42 Å². The maximum atomic E-state index is 11.8. The molecule has 0 N–H and O–H groups in total. The lowest BCUT2D eigenvalue weighted by molar-refractivity contribution is 0.215. The Labute approximate surface area is 163 Å². The molecule has 0 fully saturated rings. The zero-order valence-electron chi connectivity index (χ0n) is 16.7. The van der Waals surface area contributed by atoms with Gasteiger partial charge in [0.25, 0.3) is 0 Å². The van der Waals surface area contributed by atoms with Gasteiger partial charge in [-0.2, -0.15) is 0 Å². The largest absolute Gasteiger partial charge is 0.493 e. The lowest BCUT2D eigenvalue weighted by Gasteiger charge is -2.14. The molecule has 0 unspecified atom stereocenters. The summed E-state index contributed by atoms with van der Waals surface area (Å²) in [6.07, 6.45) is 7.40. The highest BCUT2D eigenvalue weighted by Gasteiger charge is 2.10. The third-order valence-corrected chi connectivity index (χ3v) is 5.44. The Morgan fingerprint density at radius 3 is 2.41 bits per heavy atom. The van der Waals surface area contributed by atoms with Gasteiger partial charge < -0.3 is 14.3 Å². The molecule has 6 nitrogen and oxygen atoms in total. The average Bonchev–Trinajstić information content (AvgIpc) is 2.60. The van der Waals surface area contributed by atoms with Crippen LogP contribution in [0.2, 0.25) is 0 Å². The average molecular weight is 398 g/mol. The molecule has 0 spiro atoms. The van der Waals surface area contributed by atoms with Crippen LogP contribution in [0.5, 0.6) is 11.5 Å². The van der Waals surface area contributed by atoms with Gasteiger partial charge in [-0.25, -0.2) is 8.42 Å². The van der Waals surface area contributed by atoms with Gasteiger partial charge in [-0.05, 0) is 63.3 Å². The molecule has 1 aromatic carbocycles. The maximum Gasteiger partial charge on any atom is 0.155 e. The standard InChI is InChI=1S/C20H31NO5S/c1-5-6-11-25-19-15-17(2)20(18(3)16-19)26-12-8-7-9-13-27(22,23)14-10-21-24-4/h5-6,10,15-16H,7-9,11-14H2,1-4H3/b6-5+,21-10+. The van der Waals surface area contributed by atoms with Crippen molar-refractivity contribution >= 4 is 16.1 Å². The predicted octanol–water partition coefficient (Wildman–Crippen LogP) is 3.85. The molecule has 0 radical (unpaired) electrons. The minimum absolute atomic E-state index is 0.0851. The second kappa shape index (κ2) is 12.4. The zero-order chi connectivity index (χ0) is 20.1. The summed E-state index contributed by atoms with van der Waals surface area (Å²) >= 11 is 0. The van der Waals surface area contributed by atoms with Gasteiger partial charge in [0.05, 0.1) is 24.3 Å². The first-order valence-corrected chi connectivity index (χ1v) is 10.9. The van der Waals surface area contributed by atoms with Crippen LogP contribution in [0.3, 0.4) is 0 Å².